The standard InChI is InChI=1S/C16H24BrNO2S/c1-12(2)21(19,20)10-9-13(11-18-14-7-8-14)15-5-3-4-6-16(15)17/h3-6,12-14,18H,7-11H2,1-2H3. The minimum atomic E-state index is -2.98. The SMILES string of the molecule is CC(C)S(=O)(=O)CCC(CNC1CC1)c1ccccc1Br. The van der Waals surface area contributed by atoms with Crippen LogP contribution in [-0.4, -0.2) is 32.0 Å². The molecule has 0 radical (unpaired) electrons. The van der Waals surface area contributed by atoms with Crippen LogP contribution in [0.25, 0.3) is 0 Å². The van der Waals surface area contributed by atoms with Crippen molar-refractivity contribution in [1.29, 1.82) is 0 Å². The Balaban J connectivity index is 2.06. The van der Waals surface area contributed by atoms with Gasteiger partial charge < -0.3 is 5.32 Å². The van der Waals surface area contributed by atoms with Crippen molar-refractivity contribution in [1.82, 2.24) is 5.32 Å². The van der Waals surface area contributed by atoms with Gasteiger partial charge in [0.05, 0.1) is 11.0 Å². The number of nitrogens with one attached hydrogen (secondary N) is 1. The molecule has 1 unspecified atom stereocenters. The van der Waals surface area contributed by atoms with Gasteiger partial charge in [-0.05, 0) is 50.7 Å². The number of halogens is 1. The molecule has 1 aliphatic rings. The quantitative estimate of drug-likeness (QED) is 0.758. The fourth-order valence-electron chi connectivity index (χ4n) is 2.31. The lowest BCUT2D eigenvalue weighted by molar-refractivity contribution is 0.549. The van der Waals surface area contributed by atoms with Gasteiger partial charge in [0.15, 0.2) is 9.84 Å². The van der Waals surface area contributed by atoms with Crippen LogP contribution in [0.4, 0.5) is 0 Å². The van der Waals surface area contributed by atoms with Gasteiger partial charge in [0.2, 0.25) is 0 Å². The lowest BCUT2D eigenvalue weighted by Gasteiger charge is -2.20. The Hall–Kier alpha value is -0.390. The van der Waals surface area contributed by atoms with Crippen molar-refractivity contribution in [2.45, 2.75) is 50.3 Å². The minimum absolute atomic E-state index is 0.231. The molecular weight excluding hydrogens is 350 g/mol. The smallest absolute Gasteiger partial charge is 0.152 e. The molecule has 0 aromatic heterocycles. The number of benzene rings is 1. The summed E-state index contributed by atoms with van der Waals surface area (Å²) in [6, 6.07) is 8.75. The lowest BCUT2D eigenvalue weighted by atomic mass is 9.96. The van der Waals surface area contributed by atoms with E-state index in [1.165, 1.54) is 18.4 Å². The van der Waals surface area contributed by atoms with Gasteiger partial charge in [-0.25, -0.2) is 8.42 Å². The van der Waals surface area contributed by atoms with E-state index in [0.717, 1.165) is 11.0 Å². The monoisotopic (exact) mass is 373 g/mol. The summed E-state index contributed by atoms with van der Waals surface area (Å²) in [6.07, 6.45) is 3.16. The first-order valence-corrected chi connectivity index (χ1v) is 10.1. The van der Waals surface area contributed by atoms with Crippen LogP contribution in [0.15, 0.2) is 28.7 Å². The molecule has 1 saturated carbocycles. The highest BCUT2D eigenvalue weighted by Gasteiger charge is 2.25. The Morgan fingerprint density at radius 3 is 2.52 bits per heavy atom. The molecular formula is C16H24BrNO2S. The third-order valence-electron chi connectivity index (χ3n) is 4.04. The molecule has 3 nitrogen and oxygen atoms in total. The van der Waals surface area contributed by atoms with Gasteiger partial charge in [0, 0.05) is 17.1 Å². The van der Waals surface area contributed by atoms with Gasteiger partial charge in [-0.2, -0.15) is 0 Å². The van der Waals surface area contributed by atoms with Gasteiger partial charge >= 0.3 is 0 Å². The molecule has 2 rings (SSSR count). The maximum Gasteiger partial charge on any atom is 0.152 e. The molecule has 118 valence electrons. The molecule has 1 aromatic rings. The first-order valence-electron chi connectivity index (χ1n) is 7.59. The lowest BCUT2D eigenvalue weighted by Crippen LogP contribution is -2.26. The third kappa shape index (κ3) is 5.08. The van der Waals surface area contributed by atoms with Crippen LogP contribution >= 0.6 is 15.9 Å². The average Bonchev–Trinajstić information content (AvgIpc) is 3.24. The zero-order valence-corrected chi connectivity index (χ0v) is 15.1. The van der Waals surface area contributed by atoms with Crippen molar-refractivity contribution in [3.63, 3.8) is 0 Å². The second-order valence-electron chi connectivity index (χ2n) is 6.11. The van der Waals surface area contributed by atoms with E-state index < -0.39 is 9.84 Å². The predicted octanol–water partition coefficient (Wildman–Crippen LogP) is 3.50. The summed E-state index contributed by atoms with van der Waals surface area (Å²) >= 11 is 3.59. The van der Waals surface area contributed by atoms with Crippen molar-refractivity contribution in [3.05, 3.63) is 34.3 Å². The molecule has 5 heteroatoms. The second-order valence-corrected chi connectivity index (χ2v) is 9.64. The molecule has 0 spiro atoms. The molecule has 1 aromatic carbocycles. The van der Waals surface area contributed by atoms with Crippen LogP contribution in [-0.2, 0) is 9.84 Å². The highest BCUT2D eigenvalue weighted by atomic mass is 79.9. The maximum absolute atomic E-state index is 12.1. The largest absolute Gasteiger partial charge is 0.313 e. The average molecular weight is 374 g/mol. The summed E-state index contributed by atoms with van der Waals surface area (Å²) in [5, 5.41) is 3.23. The Morgan fingerprint density at radius 2 is 1.95 bits per heavy atom. The summed E-state index contributed by atoms with van der Waals surface area (Å²) in [7, 11) is -2.98. The molecule has 1 aliphatic carbocycles. The second kappa shape index (κ2) is 7.25. The maximum atomic E-state index is 12.1. The van der Waals surface area contributed by atoms with Crippen molar-refractivity contribution < 1.29 is 8.42 Å². The molecule has 1 fully saturated rings. The normalized spacial score (nSPS) is 17.1. The number of hydrogen-bond donors (Lipinski definition) is 1. The summed E-state index contributed by atoms with van der Waals surface area (Å²) < 4.78 is 25.2. The molecule has 0 amide bonds. The van der Waals surface area contributed by atoms with Crippen LogP contribution in [0.1, 0.15) is 44.6 Å². The van der Waals surface area contributed by atoms with E-state index >= 15 is 0 Å². The summed E-state index contributed by atoms with van der Waals surface area (Å²) in [5.41, 5.74) is 1.20. The molecule has 0 bridgehead atoms. The summed E-state index contributed by atoms with van der Waals surface area (Å²) in [6.45, 7) is 4.36. The van der Waals surface area contributed by atoms with Gasteiger partial charge in [0.25, 0.3) is 0 Å². The zero-order chi connectivity index (χ0) is 15.5. The van der Waals surface area contributed by atoms with E-state index in [0.29, 0.717) is 12.5 Å². The van der Waals surface area contributed by atoms with Gasteiger partial charge in [-0.1, -0.05) is 34.1 Å². The molecule has 1 atom stereocenters. The molecule has 0 heterocycles. The van der Waals surface area contributed by atoms with Crippen LogP contribution in [0.2, 0.25) is 0 Å². The van der Waals surface area contributed by atoms with E-state index in [2.05, 4.69) is 27.3 Å². The fraction of sp³-hybridized carbons (Fsp3) is 0.625. The van der Waals surface area contributed by atoms with Crippen LogP contribution in [0.5, 0.6) is 0 Å². The highest BCUT2D eigenvalue weighted by molar-refractivity contribution is 9.10. The molecule has 1 N–H and O–H groups in total. The zero-order valence-electron chi connectivity index (χ0n) is 12.7. The number of sulfone groups is 1. The van der Waals surface area contributed by atoms with E-state index in [1.54, 1.807) is 13.8 Å². The number of rotatable bonds is 8. The predicted molar refractivity (Wildman–Crippen MR) is 91.4 cm³/mol. The van der Waals surface area contributed by atoms with Gasteiger partial charge in [-0.3, -0.25) is 0 Å². The van der Waals surface area contributed by atoms with Crippen molar-refractivity contribution in [2.75, 3.05) is 12.3 Å². The van der Waals surface area contributed by atoms with E-state index in [1.807, 2.05) is 18.2 Å². The van der Waals surface area contributed by atoms with E-state index in [4.69, 9.17) is 0 Å². The molecule has 0 saturated heterocycles. The Morgan fingerprint density at radius 1 is 1.29 bits per heavy atom. The van der Waals surface area contributed by atoms with Crippen LogP contribution < -0.4 is 5.32 Å². The Kier molecular flexibility index (Phi) is 5.86. The van der Waals surface area contributed by atoms with Crippen LogP contribution in [0, 0.1) is 0 Å². The summed E-state index contributed by atoms with van der Waals surface area (Å²) in [5.74, 6) is 0.484. The Bertz CT molecular complexity index is 567. The molecule has 21 heavy (non-hydrogen) atoms. The third-order valence-corrected chi connectivity index (χ3v) is 7.01. The first-order chi connectivity index (χ1) is 9.90. The van der Waals surface area contributed by atoms with Crippen LogP contribution in [0.3, 0.4) is 0 Å². The van der Waals surface area contributed by atoms with Gasteiger partial charge in [-0.15, -0.1) is 0 Å². The first kappa shape index (κ1) is 17.0. The topological polar surface area (TPSA) is 46.2 Å². The van der Waals surface area contributed by atoms with Crippen molar-refractivity contribution in [2.24, 2.45) is 0 Å². The van der Waals surface area contributed by atoms with Gasteiger partial charge in [0.1, 0.15) is 0 Å². The highest BCUT2D eigenvalue weighted by Crippen LogP contribution is 2.29. The van der Waals surface area contributed by atoms with Crippen molar-refractivity contribution >= 4 is 25.8 Å². The fourth-order valence-corrected chi connectivity index (χ4v) is 4.01. The van der Waals surface area contributed by atoms with Crippen molar-refractivity contribution in [3.8, 4) is 0 Å². The summed E-state index contributed by atoms with van der Waals surface area (Å²) in [4.78, 5) is 0. The molecule has 0 aliphatic heterocycles. The minimum Gasteiger partial charge on any atom is -0.313 e. The number of hydrogen-bond acceptors (Lipinski definition) is 3. The van der Waals surface area contributed by atoms with E-state index in [-0.39, 0.29) is 16.9 Å². The van der Waals surface area contributed by atoms with E-state index in [9.17, 15) is 8.42 Å². The Labute approximate surface area is 136 Å².